The number of aliphatic hydroxyl groups excluding tert-OH is 4. The van der Waals surface area contributed by atoms with Crippen LogP contribution in [0.4, 0.5) is 9.59 Å². The Bertz CT molecular complexity index is 1060. The van der Waals surface area contributed by atoms with E-state index in [1.165, 1.54) is 33.3 Å². The molecule has 2 atom stereocenters. The Labute approximate surface area is 310 Å². The fourth-order valence-corrected chi connectivity index (χ4v) is 1.43. The molecule has 2 unspecified atom stereocenters. The van der Waals surface area contributed by atoms with Gasteiger partial charge < -0.3 is 61.0 Å². The van der Waals surface area contributed by atoms with E-state index in [0.29, 0.717) is 13.2 Å². The van der Waals surface area contributed by atoms with E-state index in [4.69, 9.17) is 40.9 Å². The fraction of sp³-hybridized carbons (Fsp3) is 0.429. The topological polar surface area (TPSA) is 307 Å². The van der Waals surface area contributed by atoms with E-state index in [2.05, 4.69) is 65.5 Å². The molecule has 0 radical (unpaired) electrons. The van der Waals surface area contributed by atoms with Gasteiger partial charge in [-0.1, -0.05) is 62.2 Å². The van der Waals surface area contributed by atoms with Gasteiger partial charge >= 0.3 is 36.1 Å². The first kappa shape index (κ1) is 59.6. The maximum atomic E-state index is 10.5. The van der Waals surface area contributed by atoms with Gasteiger partial charge in [-0.2, -0.15) is 0 Å². The third-order valence-electron chi connectivity index (χ3n) is 4.34. The number of benzene rings is 1. The molecule has 1 rings (SSSR count). The standard InChI is InChI=1S/C7H8.2C6H13NO4.4C4H6O2/c1-7-5-3-2-4-6-7;2*1-2-11-6(10)7-3-5(9)4-8;4*1-3(2)4(5)6/h2-6H,1H3;2*5,8-9H,2-4H2,1H3,(H,7,10);4*1H2,2H3,(H,5,6). The lowest BCUT2D eigenvalue weighted by Crippen LogP contribution is -2.34. The normalized spacial score (nSPS) is 9.64. The summed E-state index contributed by atoms with van der Waals surface area (Å²) in [6, 6.07) is 10.3. The van der Waals surface area contributed by atoms with E-state index >= 15 is 0 Å². The molecule has 304 valence electrons. The predicted octanol–water partition coefficient (Wildman–Crippen LogP) is 2.75. The van der Waals surface area contributed by atoms with E-state index in [9.17, 15) is 28.8 Å². The summed E-state index contributed by atoms with van der Waals surface area (Å²) in [5, 5.41) is 70.3. The summed E-state index contributed by atoms with van der Waals surface area (Å²) >= 11 is 0. The minimum Gasteiger partial charge on any atom is -0.478 e. The molecule has 0 spiro atoms. The van der Waals surface area contributed by atoms with Crippen LogP contribution in [0.5, 0.6) is 0 Å². The molecule has 0 aliphatic carbocycles. The molecule has 0 fully saturated rings. The third kappa shape index (κ3) is 62.1. The molecule has 0 aliphatic heterocycles. The first-order valence-corrected chi connectivity index (χ1v) is 15.3. The van der Waals surface area contributed by atoms with Crippen molar-refractivity contribution in [2.45, 2.75) is 60.7 Å². The average molecular weight is 763 g/mol. The van der Waals surface area contributed by atoms with Crippen LogP contribution < -0.4 is 10.6 Å². The minimum absolute atomic E-state index is 0.00926. The van der Waals surface area contributed by atoms with E-state index in [1.807, 2.05) is 18.2 Å². The van der Waals surface area contributed by atoms with Crippen LogP contribution in [0, 0.1) is 6.92 Å². The number of nitrogens with one attached hydrogen (secondary N) is 2. The second-order valence-corrected chi connectivity index (χ2v) is 9.87. The number of hydrogen-bond donors (Lipinski definition) is 10. The first-order chi connectivity index (χ1) is 24.4. The van der Waals surface area contributed by atoms with Crippen molar-refractivity contribution in [3.05, 3.63) is 84.5 Å². The molecule has 10 N–H and O–H groups in total. The summed E-state index contributed by atoms with van der Waals surface area (Å²) in [7, 11) is 0. The van der Waals surface area contributed by atoms with E-state index < -0.39 is 48.3 Å². The summed E-state index contributed by atoms with van der Waals surface area (Å²) in [5.74, 6) is -3.74. The fourth-order valence-electron chi connectivity index (χ4n) is 1.43. The van der Waals surface area contributed by atoms with Gasteiger partial charge in [0.2, 0.25) is 0 Å². The number of carbonyl (C=O) groups excluding carboxylic acids is 2. The largest absolute Gasteiger partial charge is 0.478 e. The van der Waals surface area contributed by atoms with Crippen molar-refractivity contribution in [2.75, 3.05) is 39.5 Å². The van der Waals surface area contributed by atoms with Crippen molar-refractivity contribution < 1.29 is 79.1 Å². The van der Waals surface area contributed by atoms with Crippen molar-refractivity contribution in [1.82, 2.24) is 10.6 Å². The van der Waals surface area contributed by atoms with E-state index in [1.54, 1.807) is 13.8 Å². The van der Waals surface area contributed by atoms with Gasteiger partial charge in [-0.3, -0.25) is 0 Å². The summed E-state index contributed by atoms with van der Waals surface area (Å²) in [4.78, 5) is 59.5. The van der Waals surface area contributed by atoms with Gasteiger partial charge in [-0.05, 0) is 48.5 Å². The van der Waals surface area contributed by atoms with Crippen LogP contribution in [-0.2, 0) is 28.7 Å². The van der Waals surface area contributed by atoms with Crippen LogP contribution in [0.25, 0.3) is 0 Å². The summed E-state index contributed by atoms with van der Waals surface area (Å²) < 4.78 is 8.99. The summed E-state index contributed by atoms with van der Waals surface area (Å²) in [5.41, 5.74) is 2.03. The molecule has 18 nitrogen and oxygen atoms in total. The second-order valence-electron chi connectivity index (χ2n) is 9.87. The van der Waals surface area contributed by atoms with Gasteiger partial charge in [0.05, 0.1) is 38.6 Å². The number of carboxylic acid groups (broad SMARTS) is 4. The zero-order chi connectivity index (χ0) is 43.1. The van der Waals surface area contributed by atoms with Crippen LogP contribution in [0.1, 0.15) is 47.1 Å². The van der Waals surface area contributed by atoms with Crippen LogP contribution in [0.2, 0.25) is 0 Å². The van der Waals surface area contributed by atoms with Crippen molar-refractivity contribution >= 4 is 36.1 Å². The molecule has 1 aromatic carbocycles. The quantitative estimate of drug-likeness (QED) is 0.137. The predicted molar refractivity (Wildman–Crippen MR) is 197 cm³/mol. The number of aliphatic carboxylic acids is 4. The van der Waals surface area contributed by atoms with Gasteiger partial charge in [-0.15, -0.1) is 0 Å². The Morgan fingerprint density at radius 1 is 0.585 bits per heavy atom. The highest BCUT2D eigenvalue weighted by molar-refractivity contribution is 5.85. The van der Waals surface area contributed by atoms with Crippen LogP contribution in [0.3, 0.4) is 0 Å². The smallest absolute Gasteiger partial charge is 0.407 e. The SMILES string of the molecule is C=C(C)C(=O)O.C=C(C)C(=O)O.C=C(C)C(=O)O.C=C(C)C(=O)O.CCOC(=O)NCC(O)CO.CCOC(=O)NCC(O)CO.Cc1ccccc1. The molecule has 0 bridgehead atoms. The molecule has 0 aromatic heterocycles. The lowest BCUT2D eigenvalue weighted by atomic mass is 10.2. The molecule has 0 heterocycles. The highest BCUT2D eigenvalue weighted by Gasteiger charge is 2.05. The first-order valence-electron chi connectivity index (χ1n) is 15.3. The molecular weight excluding hydrogens is 704 g/mol. The highest BCUT2D eigenvalue weighted by Crippen LogP contribution is 1.92. The van der Waals surface area contributed by atoms with Gasteiger partial charge in [0, 0.05) is 35.4 Å². The maximum absolute atomic E-state index is 10.5. The number of carboxylic acids is 4. The number of amides is 2. The van der Waals surface area contributed by atoms with Gasteiger partial charge in [0.15, 0.2) is 0 Å². The maximum Gasteiger partial charge on any atom is 0.407 e. The number of hydrogen-bond acceptors (Lipinski definition) is 12. The Balaban J connectivity index is -0.000000124. The Hall–Kier alpha value is -5.56. The number of aryl methyl sites for hydroxylation is 1. The Morgan fingerprint density at radius 3 is 0.943 bits per heavy atom. The van der Waals surface area contributed by atoms with Crippen molar-refractivity contribution in [3.63, 3.8) is 0 Å². The van der Waals surface area contributed by atoms with Crippen molar-refractivity contribution in [2.24, 2.45) is 0 Å². The molecule has 0 saturated heterocycles. The Kier molecular flexibility index (Phi) is 45.9. The molecule has 1 aromatic rings. The Morgan fingerprint density at radius 2 is 0.811 bits per heavy atom. The lowest BCUT2D eigenvalue weighted by Gasteiger charge is -2.07. The molecule has 0 saturated carbocycles. The molecule has 53 heavy (non-hydrogen) atoms. The van der Waals surface area contributed by atoms with Crippen molar-refractivity contribution in [1.29, 1.82) is 0 Å². The average Bonchev–Trinajstić information content (AvgIpc) is 3.08. The number of aliphatic hydroxyl groups is 4. The van der Waals surface area contributed by atoms with Gasteiger partial charge in [0.25, 0.3) is 0 Å². The zero-order valence-electron chi connectivity index (χ0n) is 31.5. The molecule has 18 heteroatoms. The highest BCUT2D eigenvalue weighted by atomic mass is 16.6. The van der Waals surface area contributed by atoms with Gasteiger partial charge in [-0.25, -0.2) is 28.8 Å². The monoisotopic (exact) mass is 762 g/mol. The van der Waals surface area contributed by atoms with Crippen LogP contribution in [-0.4, -0.2) is 129 Å². The summed E-state index contributed by atoms with van der Waals surface area (Å²) in [6.45, 7) is 23.7. The lowest BCUT2D eigenvalue weighted by molar-refractivity contribution is -0.133. The zero-order valence-corrected chi connectivity index (χ0v) is 31.5. The molecule has 2 amide bonds. The number of ether oxygens (including phenoxy) is 2. The van der Waals surface area contributed by atoms with Crippen LogP contribution >= 0.6 is 0 Å². The molecular formula is C35H58N2O16. The van der Waals surface area contributed by atoms with Crippen molar-refractivity contribution in [3.8, 4) is 0 Å². The van der Waals surface area contributed by atoms with E-state index in [-0.39, 0.29) is 48.6 Å². The van der Waals surface area contributed by atoms with Gasteiger partial charge in [0.1, 0.15) is 0 Å². The van der Waals surface area contributed by atoms with Crippen LogP contribution in [0.15, 0.2) is 78.9 Å². The summed E-state index contributed by atoms with van der Waals surface area (Å²) in [6.07, 6.45) is -3.00. The van der Waals surface area contributed by atoms with E-state index in [0.717, 1.165) is 0 Å². The number of rotatable bonds is 12. The number of carbonyl (C=O) groups is 6. The molecule has 0 aliphatic rings. The minimum atomic E-state index is -0.935. The third-order valence-corrected chi connectivity index (χ3v) is 4.34. The number of alkyl carbamates (subject to hydrolysis) is 2. The second kappa shape index (κ2) is 40.9.